The van der Waals surface area contributed by atoms with Crippen LogP contribution >= 0.6 is 0 Å². The largest absolute Gasteiger partial charge is 0.483 e. The molecule has 0 heterocycles. The van der Waals surface area contributed by atoms with E-state index < -0.39 is 16.7 Å². The molecule has 1 fully saturated rings. The third-order valence-electron chi connectivity index (χ3n) is 6.43. The number of rotatable bonds is 11. The molecule has 2 amide bonds. The first-order valence-corrected chi connectivity index (χ1v) is 12.8. The van der Waals surface area contributed by atoms with E-state index in [-0.39, 0.29) is 29.6 Å². The fourth-order valence-corrected chi connectivity index (χ4v) is 4.40. The normalized spacial score (nSPS) is 13.8. The molecule has 1 saturated carbocycles. The van der Waals surface area contributed by atoms with Gasteiger partial charge in [0.1, 0.15) is 17.4 Å². The Morgan fingerprint density at radius 3 is 2.55 bits per heavy atom. The Morgan fingerprint density at radius 2 is 1.89 bits per heavy atom. The number of carbonyl (C=O) groups excluding carboxylic acids is 2. The molecule has 0 unspecified atom stereocenters. The molecule has 0 radical (unpaired) electrons. The van der Waals surface area contributed by atoms with Gasteiger partial charge in [-0.05, 0) is 51.0 Å². The molecule has 0 saturated heterocycles. The second-order valence-electron chi connectivity index (χ2n) is 9.02. The average Bonchev–Trinajstić information content (AvgIpc) is 2.92. The summed E-state index contributed by atoms with van der Waals surface area (Å²) in [6, 6.07) is 13.1. The molecular formula is C28H33N5O5. The van der Waals surface area contributed by atoms with Gasteiger partial charge in [-0.2, -0.15) is 5.26 Å². The standard InChI is InChI=1S/C28H33N5O5/c1-3-32(4-2)24-14-13-20(15-21(18-29)28(35)31-22-9-6-5-7-10-22)26(17-24)38-19-27(34)30-23-11-8-12-25(16-23)33(36)37/h8,11-17,22H,3-7,9-10,19H2,1-2H3,(H,30,34)(H,31,35)/b21-15+. The summed E-state index contributed by atoms with van der Waals surface area (Å²) in [4.78, 5) is 37.9. The Labute approximate surface area is 222 Å². The lowest BCUT2D eigenvalue weighted by atomic mass is 9.95. The molecule has 2 N–H and O–H groups in total. The molecule has 0 aliphatic heterocycles. The van der Waals surface area contributed by atoms with E-state index in [1.165, 1.54) is 24.3 Å². The summed E-state index contributed by atoms with van der Waals surface area (Å²) in [5.41, 5.74) is 1.44. The van der Waals surface area contributed by atoms with Gasteiger partial charge in [-0.25, -0.2) is 0 Å². The first-order valence-electron chi connectivity index (χ1n) is 12.8. The van der Waals surface area contributed by atoms with Crippen molar-refractivity contribution in [2.75, 3.05) is 29.9 Å². The van der Waals surface area contributed by atoms with Gasteiger partial charge < -0.3 is 20.3 Å². The number of nitro groups is 1. The van der Waals surface area contributed by atoms with E-state index in [0.717, 1.165) is 50.9 Å². The van der Waals surface area contributed by atoms with Crippen molar-refractivity contribution < 1.29 is 19.2 Å². The van der Waals surface area contributed by atoms with Gasteiger partial charge in [-0.1, -0.05) is 25.3 Å². The molecule has 0 spiro atoms. The van der Waals surface area contributed by atoms with Gasteiger partial charge in [0.15, 0.2) is 6.61 Å². The number of benzene rings is 2. The maximum Gasteiger partial charge on any atom is 0.271 e. The fourth-order valence-electron chi connectivity index (χ4n) is 4.40. The van der Waals surface area contributed by atoms with E-state index >= 15 is 0 Å². The molecular weight excluding hydrogens is 486 g/mol. The lowest BCUT2D eigenvalue weighted by Gasteiger charge is -2.23. The van der Waals surface area contributed by atoms with Crippen LogP contribution in [0.2, 0.25) is 0 Å². The molecule has 38 heavy (non-hydrogen) atoms. The van der Waals surface area contributed by atoms with Crippen molar-refractivity contribution >= 4 is 35.0 Å². The van der Waals surface area contributed by atoms with Crippen LogP contribution in [0.1, 0.15) is 51.5 Å². The Balaban J connectivity index is 1.81. The third-order valence-corrected chi connectivity index (χ3v) is 6.43. The monoisotopic (exact) mass is 519 g/mol. The number of nitro benzene ring substituents is 1. The summed E-state index contributed by atoms with van der Waals surface area (Å²) >= 11 is 0. The van der Waals surface area contributed by atoms with Crippen molar-refractivity contribution in [3.8, 4) is 11.8 Å². The van der Waals surface area contributed by atoms with Crippen LogP contribution in [0.25, 0.3) is 6.08 Å². The molecule has 0 atom stereocenters. The molecule has 200 valence electrons. The number of ether oxygens (including phenoxy) is 1. The van der Waals surface area contributed by atoms with Crippen molar-refractivity contribution in [3.05, 3.63) is 63.7 Å². The van der Waals surface area contributed by atoms with Crippen LogP contribution in [0, 0.1) is 21.4 Å². The molecule has 3 rings (SSSR count). The van der Waals surface area contributed by atoms with E-state index in [1.54, 1.807) is 18.2 Å². The number of non-ortho nitro benzene ring substituents is 1. The molecule has 10 heteroatoms. The molecule has 2 aromatic rings. The molecule has 10 nitrogen and oxygen atoms in total. The highest BCUT2D eigenvalue weighted by atomic mass is 16.6. The van der Waals surface area contributed by atoms with Crippen molar-refractivity contribution in [3.63, 3.8) is 0 Å². The number of hydrogen-bond donors (Lipinski definition) is 2. The molecule has 0 aromatic heterocycles. The van der Waals surface area contributed by atoms with Crippen LogP contribution < -0.4 is 20.3 Å². The Hall–Kier alpha value is -4.39. The van der Waals surface area contributed by atoms with Gasteiger partial charge in [-0.3, -0.25) is 19.7 Å². The summed E-state index contributed by atoms with van der Waals surface area (Å²) in [7, 11) is 0. The Bertz CT molecular complexity index is 1230. The zero-order valence-electron chi connectivity index (χ0n) is 21.7. The minimum Gasteiger partial charge on any atom is -0.483 e. The highest BCUT2D eigenvalue weighted by molar-refractivity contribution is 6.02. The number of carbonyl (C=O) groups is 2. The quantitative estimate of drug-likeness (QED) is 0.188. The maximum atomic E-state index is 12.8. The van der Waals surface area contributed by atoms with Crippen molar-refractivity contribution in [1.82, 2.24) is 5.32 Å². The van der Waals surface area contributed by atoms with Gasteiger partial charge in [0.2, 0.25) is 0 Å². The predicted molar refractivity (Wildman–Crippen MR) is 146 cm³/mol. The molecule has 2 aromatic carbocycles. The van der Waals surface area contributed by atoms with Gasteiger partial charge >= 0.3 is 0 Å². The molecule has 1 aliphatic rings. The first-order chi connectivity index (χ1) is 18.3. The van der Waals surface area contributed by atoms with E-state index in [0.29, 0.717) is 11.3 Å². The first kappa shape index (κ1) is 28.2. The zero-order valence-corrected chi connectivity index (χ0v) is 21.7. The zero-order chi connectivity index (χ0) is 27.5. The number of nitriles is 1. The lowest BCUT2D eigenvalue weighted by molar-refractivity contribution is -0.384. The summed E-state index contributed by atoms with van der Waals surface area (Å²) in [5.74, 6) is -0.604. The fraction of sp³-hybridized carbons (Fsp3) is 0.393. The summed E-state index contributed by atoms with van der Waals surface area (Å²) in [6.45, 7) is 5.18. The van der Waals surface area contributed by atoms with Crippen molar-refractivity contribution in [2.24, 2.45) is 0 Å². The number of nitrogens with one attached hydrogen (secondary N) is 2. The highest BCUT2D eigenvalue weighted by Gasteiger charge is 2.19. The van der Waals surface area contributed by atoms with E-state index in [9.17, 15) is 25.0 Å². The smallest absolute Gasteiger partial charge is 0.271 e. The summed E-state index contributed by atoms with van der Waals surface area (Å²) in [6.07, 6.45) is 6.53. The van der Waals surface area contributed by atoms with Crippen LogP contribution in [-0.2, 0) is 9.59 Å². The lowest BCUT2D eigenvalue weighted by Crippen LogP contribution is -2.36. The van der Waals surface area contributed by atoms with Gasteiger partial charge in [0.25, 0.3) is 17.5 Å². The second-order valence-corrected chi connectivity index (χ2v) is 9.02. The summed E-state index contributed by atoms with van der Waals surface area (Å²) < 4.78 is 5.85. The highest BCUT2D eigenvalue weighted by Crippen LogP contribution is 2.28. The van der Waals surface area contributed by atoms with E-state index in [1.807, 2.05) is 26.0 Å². The van der Waals surface area contributed by atoms with Crippen LogP contribution in [0.15, 0.2) is 48.0 Å². The van der Waals surface area contributed by atoms with Gasteiger partial charge in [0.05, 0.1) is 4.92 Å². The topological polar surface area (TPSA) is 138 Å². The van der Waals surface area contributed by atoms with Crippen LogP contribution in [0.5, 0.6) is 5.75 Å². The van der Waals surface area contributed by atoms with Gasteiger partial charge in [-0.15, -0.1) is 0 Å². The van der Waals surface area contributed by atoms with Crippen LogP contribution in [0.4, 0.5) is 17.1 Å². The van der Waals surface area contributed by atoms with Gasteiger partial charge in [0, 0.05) is 54.3 Å². The average molecular weight is 520 g/mol. The van der Waals surface area contributed by atoms with Crippen molar-refractivity contribution in [2.45, 2.75) is 52.0 Å². The minimum atomic E-state index is -0.541. The predicted octanol–water partition coefficient (Wildman–Crippen LogP) is 4.81. The number of anilines is 2. The summed E-state index contributed by atoms with van der Waals surface area (Å²) in [5, 5.41) is 26.3. The number of nitrogens with zero attached hydrogens (tertiary/aromatic N) is 3. The SMILES string of the molecule is CCN(CC)c1ccc(/C=C(\C#N)C(=O)NC2CCCCC2)c(OCC(=O)Nc2cccc([N+](=O)[O-])c2)c1. The molecule has 1 aliphatic carbocycles. The number of amides is 2. The van der Waals surface area contributed by atoms with Crippen LogP contribution in [0.3, 0.4) is 0 Å². The second kappa shape index (κ2) is 13.8. The Morgan fingerprint density at radius 1 is 1.16 bits per heavy atom. The number of hydrogen-bond acceptors (Lipinski definition) is 7. The van der Waals surface area contributed by atoms with E-state index in [2.05, 4.69) is 15.5 Å². The van der Waals surface area contributed by atoms with Crippen molar-refractivity contribution in [1.29, 1.82) is 5.26 Å². The van der Waals surface area contributed by atoms with E-state index in [4.69, 9.17) is 4.74 Å². The van der Waals surface area contributed by atoms with Crippen LogP contribution in [-0.4, -0.2) is 42.5 Å². The maximum absolute atomic E-state index is 12.8. The Kier molecular flexibility index (Phi) is 10.2. The third kappa shape index (κ3) is 7.80. The minimum absolute atomic E-state index is 0.0444. The molecule has 0 bridgehead atoms.